The first-order chi connectivity index (χ1) is 16.0. The summed E-state index contributed by atoms with van der Waals surface area (Å²) in [5.41, 5.74) is 6.27. The van der Waals surface area contributed by atoms with Crippen molar-refractivity contribution in [3.8, 4) is 11.3 Å². The van der Waals surface area contributed by atoms with Crippen LogP contribution in [0.2, 0.25) is 0 Å². The fourth-order valence-corrected chi connectivity index (χ4v) is 5.02. The second-order valence-corrected chi connectivity index (χ2v) is 9.49. The van der Waals surface area contributed by atoms with Gasteiger partial charge >= 0.3 is 0 Å². The van der Waals surface area contributed by atoms with Crippen molar-refractivity contribution in [2.75, 3.05) is 26.4 Å². The molecule has 1 saturated carbocycles. The molecule has 6 rings (SSSR count). The Labute approximate surface area is 192 Å². The minimum atomic E-state index is -0.215. The number of furan rings is 1. The summed E-state index contributed by atoms with van der Waals surface area (Å²) in [7, 11) is 0. The first kappa shape index (κ1) is 20.6. The summed E-state index contributed by atoms with van der Waals surface area (Å²) in [5, 5.41) is 7.91. The van der Waals surface area contributed by atoms with Crippen molar-refractivity contribution in [2.24, 2.45) is 0 Å². The number of fused-ring (bicyclic) bond motifs is 4. The number of nitrogens with zero attached hydrogens (tertiary/aromatic N) is 3. The van der Waals surface area contributed by atoms with Crippen molar-refractivity contribution in [2.45, 2.75) is 51.2 Å². The molecule has 3 aliphatic rings. The first-order valence-corrected chi connectivity index (χ1v) is 11.6. The smallest absolute Gasteiger partial charge is 0.287 e. The van der Waals surface area contributed by atoms with Crippen molar-refractivity contribution in [1.29, 1.82) is 0 Å². The van der Waals surface area contributed by atoms with E-state index in [4.69, 9.17) is 19.0 Å². The van der Waals surface area contributed by atoms with Gasteiger partial charge in [-0.2, -0.15) is 5.10 Å². The number of aromatic nitrogens is 3. The van der Waals surface area contributed by atoms with Gasteiger partial charge in [-0.1, -0.05) is 6.07 Å². The van der Waals surface area contributed by atoms with E-state index >= 15 is 0 Å². The summed E-state index contributed by atoms with van der Waals surface area (Å²) in [4.78, 5) is 17.4. The fourth-order valence-electron chi connectivity index (χ4n) is 5.02. The van der Waals surface area contributed by atoms with Crippen LogP contribution in [0.4, 0.5) is 0 Å². The topological polar surface area (TPSA) is 91.4 Å². The SMILES string of the molecule is Cc1ccc(Cn2cc3c(n2)-c2c(oc(C(=O)NC[C@@H]4COCCO4)c2C)CC32CC2)cn1. The van der Waals surface area contributed by atoms with E-state index in [2.05, 4.69) is 22.6 Å². The van der Waals surface area contributed by atoms with Gasteiger partial charge in [-0.3, -0.25) is 14.5 Å². The Hall–Kier alpha value is -2.97. The van der Waals surface area contributed by atoms with Gasteiger partial charge in [0.25, 0.3) is 5.91 Å². The molecule has 8 heteroatoms. The van der Waals surface area contributed by atoms with Crippen LogP contribution in [0.15, 0.2) is 28.9 Å². The van der Waals surface area contributed by atoms with E-state index in [-0.39, 0.29) is 17.4 Å². The number of hydrogen-bond acceptors (Lipinski definition) is 6. The maximum absolute atomic E-state index is 13.0. The predicted molar refractivity (Wildman–Crippen MR) is 120 cm³/mol. The van der Waals surface area contributed by atoms with E-state index in [0.717, 1.165) is 53.1 Å². The van der Waals surface area contributed by atoms with Gasteiger partial charge in [0, 0.05) is 53.2 Å². The van der Waals surface area contributed by atoms with Crippen LogP contribution >= 0.6 is 0 Å². The molecule has 1 atom stereocenters. The molecule has 2 aliphatic carbocycles. The van der Waals surface area contributed by atoms with Gasteiger partial charge in [-0.15, -0.1) is 0 Å². The van der Waals surface area contributed by atoms with Gasteiger partial charge in [-0.05, 0) is 38.3 Å². The van der Waals surface area contributed by atoms with E-state index in [1.54, 1.807) is 0 Å². The molecule has 0 aromatic carbocycles. The van der Waals surface area contributed by atoms with E-state index in [9.17, 15) is 4.79 Å². The van der Waals surface area contributed by atoms with Crippen LogP contribution in [0.3, 0.4) is 0 Å². The van der Waals surface area contributed by atoms with Crippen LogP contribution in [0.5, 0.6) is 0 Å². The zero-order valence-electron chi connectivity index (χ0n) is 19.0. The molecule has 1 saturated heterocycles. The van der Waals surface area contributed by atoms with Crippen molar-refractivity contribution in [1.82, 2.24) is 20.1 Å². The Morgan fingerprint density at radius 3 is 2.88 bits per heavy atom. The number of pyridine rings is 1. The van der Waals surface area contributed by atoms with Crippen LogP contribution in [0.25, 0.3) is 11.3 Å². The van der Waals surface area contributed by atoms with Gasteiger partial charge in [0.2, 0.25) is 0 Å². The summed E-state index contributed by atoms with van der Waals surface area (Å²) < 4.78 is 19.2. The molecule has 1 spiro atoms. The molecule has 0 unspecified atom stereocenters. The summed E-state index contributed by atoms with van der Waals surface area (Å²) in [6, 6.07) is 4.11. The van der Waals surface area contributed by atoms with E-state index in [0.29, 0.717) is 38.7 Å². The molecule has 172 valence electrons. The molecular weight excluding hydrogens is 420 g/mol. The molecule has 8 nitrogen and oxygen atoms in total. The number of rotatable bonds is 5. The third-order valence-corrected chi connectivity index (χ3v) is 7.04. The van der Waals surface area contributed by atoms with Crippen molar-refractivity contribution in [3.05, 3.63) is 58.4 Å². The maximum Gasteiger partial charge on any atom is 0.287 e. The van der Waals surface area contributed by atoms with Gasteiger partial charge in [-0.25, -0.2) is 0 Å². The van der Waals surface area contributed by atoms with E-state index < -0.39 is 0 Å². The lowest BCUT2D eigenvalue weighted by Crippen LogP contribution is -2.39. The number of amides is 1. The molecular formula is C25H28N4O4. The van der Waals surface area contributed by atoms with E-state index in [1.165, 1.54) is 5.56 Å². The summed E-state index contributed by atoms with van der Waals surface area (Å²) in [5.74, 6) is 1.03. The summed E-state index contributed by atoms with van der Waals surface area (Å²) >= 11 is 0. The van der Waals surface area contributed by atoms with Crippen LogP contribution in [0, 0.1) is 13.8 Å². The number of aryl methyl sites for hydroxylation is 1. The second-order valence-electron chi connectivity index (χ2n) is 9.49. The zero-order valence-corrected chi connectivity index (χ0v) is 19.0. The average molecular weight is 449 g/mol. The Kier molecular flexibility index (Phi) is 4.88. The van der Waals surface area contributed by atoms with Crippen LogP contribution in [-0.4, -0.2) is 53.1 Å². The molecule has 0 radical (unpaired) electrons. The number of ether oxygens (including phenoxy) is 2. The van der Waals surface area contributed by atoms with Crippen molar-refractivity contribution in [3.63, 3.8) is 0 Å². The highest BCUT2D eigenvalue weighted by atomic mass is 16.6. The van der Waals surface area contributed by atoms with Gasteiger partial charge in [0.1, 0.15) is 5.76 Å². The molecule has 4 heterocycles. The monoisotopic (exact) mass is 448 g/mol. The highest BCUT2D eigenvalue weighted by molar-refractivity contribution is 5.95. The lowest BCUT2D eigenvalue weighted by atomic mass is 9.82. The molecule has 0 bridgehead atoms. The van der Waals surface area contributed by atoms with Crippen LogP contribution in [-0.2, 0) is 27.9 Å². The Bertz CT molecular complexity index is 1200. The third kappa shape index (κ3) is 3.67. The normalized spacial score (nSPS) is 20.4. The second kappa shape index (κ2) is 7.81. The largest absolute Gasteiger partial charge is 0.455 e. The molecule has 1 amide bonds. The molecule has 2 fully saturated rings. The summed E-state index contributed by atoms with van der Waals surface area (Å²) in [6.07, 6.45) is 7.02. The number of nitrogens with one attached hydrogen (secondary N) is 1. The Morgan fingerprint density at radius 2 is 2.15 bits per heavy atom. The third-order valence-electron chi connectivity index (χ3n) is 7.04. The molecule has 1 aliphatic heterocycles. The Balaban J connectivity index is 1.28. The summed E-state index contributed by atoms with van der Waals surface area (Å²) in [6.45, 7) is 6.66. The highest BCUT2D eigenvalue weighted by Gasteiger charge is 2.52. The number of carbonyl (C=O) groups is 1. The molecule has 3 aromatic heterocycles. The highest BCUT2D eigenvalue weighted by Crippen LogP contribution is 2.58. The Morgan fingerprint density at radius 1 is 1.27 bits per heavy atom. The molecule has 33 heavy (non-hydrogen) atoms. The lowest BCUT2D eigenvalue weighted by molar-refractivity contribution is -0.0856. The first-order valence-electron chi connectivity index (χ1n) is 11.6. The quantitative estimate of drug-likeness (QED) is 0.645. The fraction of sp³-hybridized carbons (Fsp3) is 0.480. The minimum Gasteiger partial charge on any atom is -0.455 e. The zero-order chi connectivity index (χ0) is 22.6. The number of carbonyl (C=O) groups excluding carboxylic acids is 1. The number of hydrogen-bond donors (Lipinski definition) is 1. The standard InChI is InChI=1S/C25H28N4O4/c1-15-3-4-17(10-26-15)12-29-13-19-22(28-29)21-16(2)23(33-20(21)9-25(19)5-6-25)24(30)27-11-18-14-31-7-8-32-18/h3-4,10,13,18H,5-9,11-12,14H2,1-2H3,(H,27,30)/t18-/m1/s1. The molecule has 3 aromatic rings. The molecule has 1 N–H and O–H groups in total. The van der Waals surface area contributed by atoms with Gasteiger partial charge < -0.3 is 19.2 Å². The van der Waals surface area contributed by atoms with Crippen LogP contribution in [0.1, 0.15) is 51.5 Å². The minimum absolute atomic E-state index is 0.0947. The van der Waals surface area contributed by atoms with Crippen LogP contribution < -0.4 is 5.32 Å². The van der Waals surface area contributed by atoms with Crippen molar-refractivity contribution < 1.29 is 18.7 Å². The van der Waals surface area contributed by atoms with E-state index in [1.807, 2.05) is 30.8 Å². The predicted octanol–water partition coefficient (Wildman–Crippen LogP) is 2.94. The van der Waals surface area contributed by atoms with Gasteiger partial charge in [0.05, 0.1) is 38.2 Å². The maximum atomic E-state index is 13.0. The average Bonchev–Trinajstić information content (AvgIpc) is 3.33. The lowest BCUT2D eigenvalue weighted by Gasteiger charge is -2.22. The van der Waals surface area contributed by atoms with Gasteiger partial charge in [0.15, 0.2) is 5.76 Å². The van der Waals surface area contributed by atoms with Crippen molar-refractivity contribution >= 4 is 5.91 Å².